The second-order valence-corrected chi connectivity index (χ2v) is 7.86. The number of rotatable bonds is 6. The number of nitrogens with one attached hydrogen (secondary N) is 2. The number of aromatic nitrogens is 2. The summed E-state index contributed by atoms with van der Waals surface area (Å²) in [6, 6.07) is 12.1. The van der Waals surface area contributed by atoms with Gasteiger partial charge in [0.1, 0.15) is 0 Å². The molecule has 27 heavy (non-hydrogen) atoms. The van der Waals surface area contributed by atoms with E-state index in [0.29, 0.717) is 5.69 Å². The van der Waals surface area contributed by atoms with Gasteiger partial charge in [-0.05, 0) is 73.2 Å². The lowest BCUT2D eigenvalue weighted by Gasteiger charge is -2.13. The molecule has 0 bridgehead atoms. The summed E-state index contributed by atoms with van der Waals surface area (Å²) in [6.45, 7) is 0. The molecule has 0 aliphatic carbocycles. The average Bonchev–Trinajstić information content (AvgIpc) is 3.03. The molecular formula is C18H17F3N4S2. The highest BCUT2D eigenvalue weighted by molar-refractivity contribution is 8.00. The van der Waals surface area contributed by atoms with Gasteiger partial charge < -0.3 is 9.88 Å². The van der Waals surface area contributed by atoms with Crippen molar-refractivity contribution < 1.29 is 13.2 Å². The van der Waals surface area contributed by atoms with Gasteiger partial charge in [-0.25, -0.2) is 4.98 Å². The molecule has 0 aliphatic rings. The Morgan fingerprint density at radius 3 is 2.33 bits per heavy atom. The molecule has 3 rings (SSSR count). The fourth-order valence-electron chi connectivity index (χ4n) is 2.47. The van der Waals surface area contributed by atoms with Gasteiger partial charge in [0.15, 0.2) is 0 Å². The highest BCUT2D eigenvalue weighted by Crippen LogP contribution is 2.38. The number of benzene rings is 2. The lowest BCUT2D eigenvalue weighted by Crippen LogP contribution is -1.99. The molecule has 2 aromatic carbocycles. The van der Waals surface area contributed by atoms with Crippen LogP contribution in [0.1, 0.15) is 0 Å². The first-order valence-electron chi connectivity index (χ1n) is 7.93. The van der Waals surface area contributed by atoms with Crippen LogP contribution in [0.25, 0.3) is 11.3 Å². The number of hydrogen-bond donors (Lipinski definition) is 2. The Labute approximate surface area is 163 Å². The van der Waals surface area contributed by atoms with Crippen LogP contribution < -0.4 is 10.0 Å². The number of thioether (sulfide) groups is 1. The van der Waals surface area contributed by atoms with Crippen molar-refractivity contribution in [2.75, 3.05) is 12.4 Å². The quantitative estimate of drug-likeness (QED) is 0.405. The molecule has 9 heteroatoms. The zero-order valence-electron chi connectivity index (χ0n) is 14.5. The smallest absolute Gasteiger partial charge is 0.355 e. The van der Waals surface area contributed by atoms with Gasteiger partial charge in [-0.1, -0.05) is 0 Å². The Bertz CT molecular complexity index is 908. The van der Waals surface area contributed by atoms with Crippen molar-refractivity contribution in [1.82, 2.24) is 14.3 Å². The minimum absolute atomic E-state index is 0.124. The van der Waals surface area contributed by atoms with Crippen molar-refractivity contribution in [3.8, 4) is 11.3 Å². The van der Waals surface area contributed by atoms with E-state index in [1.807, 2.05) is 43.1 Å². The van der Waals surface area contributed by atoms with E-state index in [4.69, 9.17) is 0 Å². The van der Waals surface area contributed by atoms with Gasteiger partial charge in [0.05, 0.1) is 12.0 Å². The summed E-state index contributed by atoms with van der Waals surface area (Å²) in [7, 11) is 3.74. The first-order valence-corrected chi connectivity index (χ1v) is 9.56. The summed E-state index contributed by atoms with van der Waals surface area (Å²) < 4.78 is 42.3. The van der Waals surface area contributed by atoms with Crippen molar-refractivity contribution in [1.29, 1.82) is 0 Å². The molecule has 0 atom stereocenters. The highest BCUT2D eigenvalue weighted by Gasteiger charge is 2.29. The van der Waals surface area contributed by atoms with Gasteiger partial charge in [0.2, 0.25) is 0 Å². The van der Waals surface area contributed by atoms with Crippen LogP contribution in [0.5, 0.6) is 0 Å². The Hall–Kier alpha value is -2.10. The molecule has 0 saturated carbocycles. The Kier molecular flexibility index (Phi) is 6.03. The molecule has 0 fully saturated rings. The minimum atomic E-state index is -4.29. The van der Waals surface area contributed by atoms with Gasteiger partial charge in [0, 0.05) is 40.0 Å². The van der Waals surface area contributed by atoms with Crippen molar-refractivity contribution in [3.05, 3.63) is 55.0 Å². The fourth-order valence-corrected chi connectivity index (χ4v) is 3.56. The third kappa shape index (κ3) is 5.44. The maximum absolute atomic E-state index is 12.5. The molecule has 3 aromatic rings. The van der Waals surface area contributed by atoms with Crippen LogP contribution in [-0.4, -0.2) is 22.1 Å². The van der Waals surface area contributed by atoms with Gasteiger partial charge in [-0.3, -0.25) is 4.72 Å². The SMILES string of the molecule is CNSc1ccc(Nc2ccc(SC(F)(F)F)cc2)c(-c2cn(C)cn2)c1. The van der Waals surface area contributed by atoms with Gasteiger partial charge in [-0.15, -0.1) is 0 Å². The molecule has 0 spiro atoms. The van der Waals surface area contributed by atoms with Crippen molar-refractivity contribution in [2.24, 2.45) is 7.05 Å². The largest absolute Gasteiger partial charge is 0.446 e. The van der Waals surface area contributed by atoms with E-state index in [1.54, 1.807) is 18.5 Å². The first-order chi connectivity index (χ1) is 12.8. The maximum atomic E-state index is 12.5. The van der Waals surface area contributed by atoms with E-state index in [1.165, 1.54) is 24.1 Å². The topological polar surface area (TPSA) is 41.9 Å². The molecule has 0 unspecified atom stereocenters. The van der Waals surface area contributed by atoms with Gasteiger partial charge >= 0.3 is 5.51 Å². The highest BCUT2D eigenvalue weighted by atomic mass is 32.2. The number of imidazole rings is 1. The summed E-state index contributed by atoms with van der Waals surface area (Å²) in [5, 5.41) is 3.27. The van der Waals surface area contributed by atoms with E-state index in [-0.39, 0.29) is 16.7 Å². The molecular weight excluding hydrogens is 393 g/mol. The van der Waals surface area contributed by atoms with Crippen molar-refractivity contribution in [3.63, 3.8) is 0 Å². The molecule has 0 radical (unpaired) electrons. The van der Waals surface area contributed by atoms with Crippen LogP contribution in [0, 0.1) is 0 Å². The van der Waals surface area contributed by atoms with E-state index < -0.39 is 5.51 Å². The Balaban J connectivity index is 1.87. The lowest BCUT2D eigenvalue weighted by atomic mass is 10.1. The van der Waals surface area contributed by atoms with E-state index in [0.717, 1.165) is 21.8 Å². The monoisotopic (exact) mass is 410 g/mol. The molecule has 0 aliphatic heterocycles. The Morgan fingerprint density at radius 2 is 1.74 bits per heavy atom. The maximum Gasteiger partial charge on any atom is 0.446 e. The van der Waals surface area contributed by atoms with Crippen LogP contribution in [0.4, 0.5) is 24.5 Å². The molecule has 142 valence electrons. The zero-order valence-corrected chi connectivity index (χ0v) is 16.2. The molecule has 1 aromatic heterocycles. The number of hydrogen-bond acceptors (Lipinski definition) is 5. The van der Waals surface area contributed by atoms with Crippen LogP contribution in [0.2, 0.25) is 0 Å². The number of alkyl halides is 3. The summed E-state index contributed by atoms with van der Waals surface area (Å²) >= 11 is 1.37. The van der Waals surface area contributed by atoms with Gasteiger partial charge in [0.25, 0.3) is 0 Å². The summed E-state index contributed by atoms with van der Waals surface area (Å²) in [6.07, 6.45) is 3.64. The normalized spacial score (nSPS) is 11.6. The summed E-state index contributed by atoms with van der Waals surface area (Å²) in [4.78, 5) is 5.59. The Morgan fingerprint density at radius 1 is 1.04 bits per heavy atom. The second-order valence-electron chi connectivity index (χ2n) is 5.64. The number of halogens is 3. The van der Waals surface area contributed by atoms with E-state index >= 15 is 0 Å². The van der Waals surface area contributed by atoms with Gasteiger partial charge in [-0.2, -0.15) is 13.2 Å². The van der Waals surface area contributed by atoms with Crippen molar-refractivity contribution >= 4 is 35.1 Å². The predicted molar refractivity (Wildman–Crippen MR) is 105 cm³/mol. The third-order valence-electron chi connectivity index (χ3n) is 3.56. The molecule has 2 N–H and O–H groups in total. The number of anilines is 2. The summed E-state index contributed by atoms with van der Waals surface area (Å²) in [5.41, 5.74) is -1.05. The predicted octanol–water partition coefficient (Wildman–Crippen LogP) is 5.67. The summed E-state index contributed by atoms with van der Waals surface area (Å²) in [5.74, 6) is 0. The average molecular weight is 410 g/mol. The number of nitrogens with zero attached hydrogens (tertiary/aromatic N) is 2. The molecule has 1 heterocycles. The van der Waals surface area contributed by atoms with Crippen LogP contribution >= 0.6 is 23.7 Å². The molecule has 0 amide bonds. The fraction of sp³-hybridized carbons (Fsp3) is 0.167. The van der Waals surface area contributed by atoms with E-state index in [2.05, 4.69) is 15.0 Å². The zero-order chi connectivity index (χ0) is 19.4. The van der Waals surface area contributed by atoms with Crippen LogP contribution in [0.15, 0.2) is 64.8 Å². The lowest BCUT2D eigenvalue weighted by molar-refractivity contribution is -0.0328. The first kappa shape index (κ1) is 19.7. The van der Waals surface area contributed by atoms with Crippen LogP contribution in [-0.2, 0) is 7.05 Å². The third-order valence-corrected chi connectivity index (χ3v) is 4.99. The standard InChI is InChI=1S/C18H17F3N4S2/c1-22-27-14-7-8-16(15(9-14)17-10-25(2)11-23-17)24-12-3-5-13(6-4-12)26-18(19,20)21/h3-11,22,24H,1-2H3. The van der Waals surface area contributed by atoms with Crippen molar-refractivity contribution in [2.45, 2.75) is 15.3 Å². The minimum Gasteiger partial charge on any atom is -0.355 e. The second kappa shape index (κ2) is 8.28. The molecule has 4 nitrogen and oxygen atoms in total. The molecule has 0 saturated heterocycles. The number of aryl methyl sites for hydroxylation is 1. The van der Waals surface area contributed by atoms with E-state index in [9.17, 15) is 13.2 Å². The van der Waals surface area contributed by atoms with Crippen LogP contribution in [0.3, 0.4) is 0 Å².